The van der Waals surface area contributed by atoms with Crippen LogP contribution in [0.1, 0.15) is 96.4 Å². The van der Waals surface area contributed by atoms with Crippen molar-refractivity contribution in [2.24, 2.45) is 11.8 Å². The van der Waals surface area contributed by atoms with Gasteiger partial charge in [-0.2, -0.15) is 11.0 Å². The molecule has 6 N–H and O–H groups in total. The van der Waals surface area contributed by atoms with Crippen molar-refractivity contribution in [2.45, 2.75) is 117 Å². The van der Waals surface area contributed by atoms with Gasteiger partial charge in [0, 0.05) is 12.8 Å². The van der Waals surface area contributed by atoms with Crippen molar-refractivity contribution < 1.29 is 39.1 Å². The van der Waals surface area contributed by atoms with E-state index < -0.39 is 81.5 Å². The lowest BCUT2D eigenvalue weighted by atomic mass is 9.94. The van der Waals surface area contributed by atoms with Crippen molar-refractivity contribution in [3.05, 3.63) is 95.0 Å². The van der Waals surface area contributed by atoms with E-state index in [1.807, 2.05) is 55.4 Å². The maximum absolute atomic E-state index is 14.1. The minimum Gasteiger partial charge on any atom is -0.506 e. The highest BCUT2D eigenvalue weighted by Gasteiger charge is 2.35. The zero-order chi connectivity index (χ0) is 41.8. The Kier molecular flexibility index (Phi) is 16.3. The quantitative estimate of drug-likeness (QED) is 0.0427. The Bertz CT molecular complexity index is 1810. The number of hydroxylamine groups is 2. The monoisotopic (exact) mass is 775 g/mol. The predicted molar refractivity (Wildman–Crippen MR) is 211 cm³/mol. The molecule has 0 aliphatic carbocycles. The molecule has 0 unspecified atom stereocenters. The number of hydrogen-bond donors (Lipinski definition) is 6. The summed E-state index contributed by atoms with van der Waals surface area (Å²) < 4.78 is 0. The molecule has 15 heteroatoms. The first-order chi connectivity index (χ1) is 26.2. The second-order valence-corrected chi connectivity index (χ2v) is 16.2. The molecular formula is C41H57N7O8. The molecule has 0 bridgehead atoms. The van der Waals surface area contributed by atoms with Crippen LogP contribution in [0.4, 0.5) is 0 Å². The van der Waals surface area contributed by atoms with Crippen LogP contribution in [-0.4, -0.2) is 84.4 Å². The van der Waals surface area contributed by atoms with Crippen LogP contribution in [0.2, 0.25) is 0 Å². The molecule has 3 aromatic rings. The van der Waals surface area contributed by atoms with Crippen molar-refractivity contribution >= 4 is 29.1 Å². The summed E-state index contributed by atoms with van der Waals surface area (Å²) in [7, 11) is 0. The Balaban J connectivity index is 2.03. The highest BCUT2D eigenvalue weighted by atomic mass is 16.7. The van der Waals surface area contributed by atoms with Gasteiger partial charge in [0.25, 0.3) is 0 Å². The van der Waals surface area contributed by atoms with Gasteiger partial charge >= 0.3 is 0 Å². The first-order valence-electron chi connectivity index (χ1n) is 18.6. The van der Waals surface area contributed by atoms with Crippen molar-refractivity contribution in [1.82, 2.24) is 37.0 Å². The number of rotatable bonds is 19. The van der Waals surface area contributed by atoms with Crippen molar-refractivity contribution in [3.63, 3.8) is 0 Å². The number of Topliss-reactive ketones (excluding diaryl/α,β-unsaturated/α-hetero) is 2. The van der Waals surface area contributed by atoms with E-state index in [1.165, 1.54) is 0 Å². The first kappa shape index (κ1) is 45.3. The van der Waals surface area contributed by atoms with Crippen LogP contribution in [-0.2, 0) is 36.9 Å². The van der Waals surface area contributed by atoms with Gasteiger partial charge in [0.1, 0.15) is 17.8 Å². The molecule has 56 heavy (non-hydrogen) atoms. The number of carbonyl (C=O) groups excluding carboxylic acids is 4. The molecule has 0 saturated heterocycles. The average Bonchev–Trinajstić information content (AvgIpc) is 3.12. The summed E-state index contributed by atoms with van der Waals surface area (Å²) >= 11 is 0. The van der Waals surface area contributed by atoms with E-state index in [9.17, 15) is 29.4 Å². The van der Waals surface area contributed by atoms with Crippen LogP contribution in [0.5, 0.6) is 0 Å². The second-order valence-electron chi connectivity index (χ2n) is 16.2. The highest BCUT2D eigenvalue weighted by molar-refractivity contribution is 6.46. The third kappa shape index (κ3) is 13.9. The Morgan fingerprint density at radius 2 is 1.11 bits per heavy atom. The second kappa shape index (κ2) is 20.2. The average molecular weight is 776 g/mol. The maximum Gasteiger partial charge on any atom is 0.240 e. The molecule has 2 amide bonds. The molecule has 0 fully saturated rings. The molecule has 4 atom stereocenters. The Hall–Kier alpha value is -5.09. The van der Waals surface area contributed by atoms with E-state index in [2.05, 4.69) is 37.0 Å². The number of nitrogens with zero attached hydrogens (tertiary/aromatic N) is 3. The summed E-state index contributed by atoms with van der Waals surface area (Å²) in [5.41, 5.74) is 4.67. The highest BCUT2D eigenvalue weighted by Crippen LogP contribution is 2.22. The molecule has 15 nitrogen and oxygen atoms in total. The molecule has 3 rings (SSSR count). The number of amides is 2. The Morgan fingerprint density at radius 1 is 0.679 bits per heavy atom. The van der Waals surface area contributed by atoms with Crippen LogP contribution in [0, 0.1) is 11.8 Å². The summed E-state index contributed by atoms with van der Waals surface area (Å²) in [6.07, 6.45) is 0.908. The fourth-order valence-electron chi connectivity index (χ4n) is 5.30. The standard InChI is InChI=1S/C41H57N7O8/c1-24(2)31(46-55-40(5,6)7)38(53)43-29(21-26-17-13-11-14-18-26)35(50)34(49)28-23-42-48-45-33(28)37(52)36(51)30(22-27-19-15-12-16-20-27)44-39(54)32(25(3)4)47-56-41(8,9)10/h11-20,23-25,29-32,46-47,51-52H,21-22H2,1-10H3,(H,43,53)(H,44,54)/t29-,30-,31-,32-/m0/s1. The zero-order valence-electron chi connectivity index (χ0n) is 33.9. The summed E-state index contributed by atoms with van der Waals surface area (Å²) in [4.78, 5) is 66.8. The molecule has 0 saturated carbocycles. The molecular weight excluding hydrogens is 718 g/mol. The molecule has 0 radical (unpaired) electrons. The lowest BCUT2D eigenvalue weighted by Crippen LogP contribution is -2.55. The molecule has 0 aliphatic rings. The Morgan fingerprint density at radius 3 is 1.54 bits per heavy atom. The minimum absolute atomic E-state index is 0.0172. The number of aliphatic hydroxyl groups excluding tert-OH is 2. The van der Waals surface area contributed by atoms with Gasteiger partial charge in [-0.25, -0.2) is 0 Å². The summed E-state index contributed by atoms with van der Waals surface area (Å²) in [6, 6.07) is 13.4. The normalized spacial score (nSPS) is 14.7. The lowest BCUT2D eigenvalue weighted by Gasteiger charge is -2.28. The smallest absolute Gasteiger partial charge is 0.240 e. The number of nitrogens with one attached hydrogen (secondary N) is 4. The van der Waals surface area contributed by atoms with E-state index >= 15 is 0 Å². The Labute approximate surface area is 329 Å². The van der Waals surface area contributed by atoms with E-state index in [-0.39, 0.29) is 24.7 Å². The number of ketones is 2. The molecule has 0 aliphatic heterocycles. The lowest BCUT2D eigenvalue weighted by molar-refractivity contribution is -0.139. The summed E-state index contributed by atoms with van der Waals surface area (Å²) in [5.74, 6) is -5.51. The van der Waals surface area contributed by atoms with Gasteiger partial charge in [0.15, 0.2) is 11.5 Å². The van der Waals surface area contributed by atoms with Crippen molar-refractivity contribution in [2.75, 3.05) is 0 Å². The molecule has 0 spiro atoms. The zero-order valence-corrected chi connectivity index (χ0v) is 33.9. The molecule has 1 aromatic heterocycles. The van der Waals surface area contributed by atoms with Crippen LogP contribution >= 0.6 is 0 Å². The van der Waals surface area contributed by atoms with Gasteiger partial charge < -0.3 is 20.8 Å². The number of aromatic nitrogens is 3. The van der Waals surface area contributed by atoms with Gasteiger partial charge in [-0.05, 0) is 69.7 Å². The van der Waals surface area contributed by atoms with E-state index in [0.717, 1.165) is 6.20 Å². The van der Waals surface area contributed by atoms with Crippen molar-refractivity contribution in [1.29, 1.82) is 0 Å². The van der Waals surface area contributed by atoms with Gasteiger partial charge in [0.2, 0.25) is 23.4 Å². The minimum atomic E-state index is -1.36. The van der Waals surface area contributed by atoms with Crippen molar-refractivity contribution in [3.8, 4) is 0 Å². The van der Waals surface area contributed by atoms with Gasteiger partial charge in [-0.1, -0.05) is 88.4 Å². The van der Waals surface area contributed by atoms with Gasteiger partial charge in [-0.3, -0.25) is 28.9 Å². The fraction of sp³-hybridized carbons (Fsp3) is 0.488. The van der Waals surface area contributed by atoms with Crippen LogP contribution in [0.25, 0.3) is 5.76 Å². The third-order valence-corrected chi connectivity index (χ3v) is 8.30. The van der Waals surface area contributed by atoms with Gasteiger partial charge in [0.05, 0.1) is 35.0 Å². The topological polar surface area (TPSA) is 214 Å². The van der Waals surface area contributed by atoms with E-state index in [0.29, 0.717) is 11.1 Å². The third-order valence-electron chi connectivity index (χ3n) is 8.30. The summed E-state index contributed by atoms with van der Waals surface area (Å²) in [6.45, 7) is 18.1. The van der Waals surface area contributed by atoms with Crippen LogP contribution < -0.4 is 21.6 Å². The largest absolute Gasteiger partial charge is 0.506 e. The molecule has 1 heterocycles. The number of carbonyl (C=O) groups is 4. The van der Waals surface area contributed by atoms with Crippen LogP contribution in [0.3, 0.4) is 0 Å². The first-order valence-corrected chi connectivity index (χ1v) is 18.6. The fourth-order valence-corrected chi connectivity index (χ4v) is 5.30. The molecule has 304 valence electrons. The van der Waals surface area contributed by atoms with E-state index in [4.69, 9.17) is 9.68 Å². The SMILES string of the molecule is CC(C)[C@H](NOC(C)(C)C)C(=O)N[C@@H](Cc1ccccc1)C(=O)C(=O)c1cnnnc1C(O)=C(O)[C@H](Cc1ccccc1)NC(=O)[C@@H](NOC(C)(C)C)C(C)C. The predicted octanol–water partition coefficient (Wildman–Crippen LogP) is 4.55. The maximum atomic E-state index is 14.1. The summed E-state index contributed by atoms with van der Waals surface area (Å²) in [5, 5.41) is 39.7. The van der Waals surface area contributed by atoms with E-state index in [1.54, 1.807) is 74.5 Å². The van der Waals surface area contributed by atoms with Crippen LogP contribution in [0.15, 0.2) is 72.6 Å². The number of benzene rings is 2. The number of aliphatic hydroxyl groups is 2. The molecule has 2 aromatic carbocycles. The van der Waals surface area contributed by atoms with Gasteiger partial charge in [-0.15, -0.1) is 10.2 Å². The number of hydrogen-bond acceptors (Lipinski definition) is 13.